The van der Waals surface area contributed by atoms with E-state index in [2.05, 4.69) is 32.7 Å². The summed E-state index contributed by atoms with van der Waals surface area (Å²) in [6, 6.07) is 13.4. The molecule has 1 aromatic carbocycles. The molecule has 4 nitrogen and oxygen atoms in total. The largest absolute Gasteiger partial charge is 0.268 e. The molecule has 0 fully saturated rings. The van der Waals surface area contributed by atoms with E-state index in [4.69, 9.17) is 0 Å². The smallest absolute Gasteiger partial charge is 0.268 e. The summed E-state index contributed by atoms with van der Waals surface area (Å²) in [4.78, 5) is 16.3. The first-order chi connectivity index (χ1) is 9.22. The number of para-hydroxylation sites is 1. The van der Waals surface area contributed by atoms with E-state index in [0.29, 0.717) is 6.54 Å². The molecule has 0 aliphatic carbocycles. The van der Waals surface area contributed by atoms with Gasteiger partial charge in [-0.3, -0.25) is 9.78 Å². The highest BCUT2D eigenvalue weighted by Gasteiger charge is 2.02. The normalized spacial score (nSPS) is 10.8. The van der Waals surface area contributed by atoms with Gasteiger partial charge in [-0.15, -0.1) is 0 Å². The van der Waals surface area contributed by atoms with Crippen LogP contribution < -0.4 is 5.56 Å². The molecule has 0 amide bonds. The molecule has 3 aromatic rings. The highest BCUT2D eigenvalue weighted by atomic mass is 127. The molecule has 2 aromatic heterocycles. The van der Waals surface area contributed by atoms with Crippen molar-refractivity contribution in [1.82, 2.24) is 14.8 Å². The number of aromatic nitrogens is 3. The van der Waals surface area contributed by atoms with Gasteiger partial charge in [-0.25, -0.2) is 4.68 Å². The Labute approximate surface area is 123 Å². The standard InChI is InChI=1S/C14H10IN3O/c15-11-7-14(19)18(16-8-11)9-12-6-5-10-3-1-2-4-13(10)17-12/h1-8H,9H2. The van der Waals surface area contributed by atoms with E-state index in [1.165, 1.54) is 4.68 Å². The van der Waals surface area contributed by atoms with Crippen molar-refractivity contribution in [2.45, 2.75) is 6.54 Å². The Morgan fingerprint density at radius 1 is 1.16 bits per heavy atom. The summed E-state index contributed by atoms with van der Waals surface area (Å²) >= 11 is 2.07. The topological polar surface area (TPSA) is 47.8 Å². The van der Waals surface area contributed by atoms with Crippen molar-refractivity contribution in [2.75, 3.05) is 0 Å². The molecular formula is C14H10IN3O. The van der Waals surface area contributed by atoms with Crippen molar-refractivity contribution >= 4 is 33.5 Å². The first-order valence-electron chi connectivity index (χ1n) is 5.80. The Kier molecular flexibility index (Phi) is 3.29. The molecule has 0 atom stereocenters. The summed E-state index contributed by atoms with van der Waals surface area (Å²) in [5.74, 6) is 0. The zero-order chi connectivity index (χ0) is 13.2. The molecule has 2 heterocycles. The second kappa shape index (κ2) is 5.08. The fourth-order valence-electron chi connectivity index (χ4n) is 1.88. The van der Waals surface area contributed by atoms with Crippen LogP contribution in [-0.4, -0.2) is 14.8 Å². The summed E-state index contributed by atoms with van der Waals surface area (Å²) in [6.07, 6.45) is 1.67. The van der Waals surface area contributed by atoms with Crippen LogP contribution in [0.2, 0.25) is 0 Å². The van der Waals surface area contributed by atoms with Gasteiger partial charge in [0.2, 0.25) is 0 Å². The van der Waals surface area contributed by atoms with Crippen molar-refractivity contribution in [3.63, 3.8) is 0 Å². The quantitative estimate of drug-likeness (QED) is 0.658. The lowest BCUT2D eigenvalue weighted by molar-refractivity contribution is 0.627. The van der Waals surface area contributed by atoms with E-state index in [9.17, 15) is 4.79 Å². The molecule has 0 aliphatic rings. The molecule has 5 heteroatoms. The summed E-state index contributed by atoms with van der Waals surface area (Å²) < 4.78 is 2.25. The zero-order valence-electron chi connectivity index (χ0n) is 9.95. The predicted molar refractivity (Wildman–Crippen MR) is 82.1 cm³/mol. The minimum atomic E-state index is -0.109. The Morgan fingerprint density at radius 2 is 2.00 bits per heavy atom. The second-order valence-corrected chi connectivity index (χ2v) is 5.41. The molecule has 0 spiro atoms. The number of hydrogen-bond acceptors (Lipinski definition) is 3. The van der Waals surface area contributed by atoms with Gasteiger partial charge in [0, 0.05) is 15.0 Å². The highest BCUT2D eigenvalue weighted by molar-refractivity contribution is 14.1. The molecule has 0 radical (unpaired) electrons. The van der Waals surface area contributed by atoms with Crippen molar-refractivity contribution in [3.05, 3.63) is 68.3 Å². The number of nitrogens with zero attached hydrogens (tertiary/aromatic N) is 3. The SMILES string of the molecule is O=c1cc(I)cnn1Cc1ccc2ccccc2n1. The van der Waals surface area contributed by atoms with Gasteiger partial charge in [-0.2, -0.15) is 5.10 Å². The molecule has 94 valence electrons. The molecule has 3 rings (SSSR count). The van der Waals surface area contributed by atoms with E-state index < -0.39 is 0 Å². The predicted octanol–water partition coefficient (Wildman–Crippen LogP) is 2.44. The van der Waals surface area contributed by atoms with E-state index in [-0.39, 0.29) is 5.56 Å². The fraction of sp³-hybridized carbons (Fsp3) is 0.0714. The monoisotopic (exact) mass is 363 g/mol. The van der Waals surface area contributed by atoms with Crippen LogP contribution in [0.25, 0.3) is 10.9 Å². The van der Waals surface area contributed by atoms with Gasteiger partial charge < -0.3 is 0 Å². The molecule has 0 bridgehead atoms. The van der Waals surface area contributed by atoms with Crippen molar-refractivity contribution in [2.24, 2.45) is 0 Å². The number of benzene rings is 1. The van der Waals surface area contributed by atoms with Gasteiger partial charge in [-0.1, -0.05) is 24.3 Å². The van der Waals surface area contributed by atoms with E-state index in [1.54, 1.807) is 12.3 Å². The van der Waals surface area contributed by atoms with Crippen LogP contribution in [-0.2, 0) is 6.54 Å². The Bertz CT molecular complexity index is 798. The maximum absolute atomic E-state index is 11.8. The van der Waals surface area contributed by atoms with Crippen LogP contribution in [0.1, 0.15) is 5.69 Å². The van der Waals surface area contributed by atoms with Gasteiger partial charge in [0.1, 0.15) is 0 Å². The fourth-order valence-corrected chi connectivity index (χ4v) is 2.27. The second-order valence-electron chi connectivity index (χ2n) is 4.16. The van der Waals surface area contributed by atoms with Crippen LogP contribution in [0.4, 0.5) is 0 Å². The number of halogens is 1. The van der Waals surface area contributed by atoms with Crippen molar-refractivity contribution in [3.8, 4) is 0 Å². The first-order valence-corrected chi connectivity index (χ1v) is 6.87. The maximum Gasteiger partial charge on any atom is 0.268 e. The maximum atomic E-state index is 11.8. The van der Waals surface area contributed by atoms with Crippen LogP contribution in [0.5, 0.6) is 0 Å². The summed E-state index contributed by atoms with van der Waals surface area (Å²) in [5.41, 5.74) is 1.65. The number of pyridine rings is 1. The molecule has 0 saturated carbocycles. The summed E-state index contributed by atoms with van der Waals surface area (Å²) in [6.45, 7) is 0.389. The average molecular weight is 363 g/mol. The average Bonchev–Trinajstić information content (AvgIpc) is 2.42. The van der Waals surface area contributed by atoms with E-state index in [0.717, 1.165) is 20.2 Å². The third-order valence-electron chi connectivity index (χ3n) is 2.80. The third-order valence-corrected chi connectivity index (χ3v) is 3.39. The Morgan fingerprint density at radius 3 is 2.84 bits per heavy atom. The van der Waals surface area contributed by atoms with Gasteiger partial charge >= 0.3 is 0 Å². The molecular weight excluding hydrogens is 353 g/mol. The highest BCUT2D eigenvalue weighted by Crippen LogP contribution is 2.12. The molecule has 0 aliphatic heterocycles. The lowest BCUT2D eigenvalue weighted by atomic mass is 10.2. The lowest BCUT2D eigenvalue weighted by Gasteiger charge is -2.05. The third kappa shape index (κ3) is 2.65. The van der Waals surface area contributed by atoms with Gasteiger partial charge in [0.05, 0.1) is 24.0 Å². The summed E-state index contributed by atoms with van der Waals surface area (Å²) in [5, 5.41) is 5.20. The van der Waals surface area contributed by atoms with Gasteiger partial charge in [0.25, 0.3) is 5.56 Å². The van der Waals surface area contributed by atoms with Gasteiger partial charge in [0.15, 0.2) is 0 Å². The van der Waals surface area contributed by atoms with Crippen LogP contribution in [0.3, 0.4) is 0 Å². The zero-order valence-corrected chi connectivity index (χ0v) is 12.1. The van der Waals surface area contributed by atoms with Crippen LogP contribution in [0, 0.1) is 3.57 Å². The number of fused-ring (bicyclic) bond motifs is 1. The van der Waals surface area contributed by atoms with Crippen molar-refractivity contribution in [1.29, 1.82) is 0 Å². The first kappa shape index (κ1) is 12.3. The van der Waals surface area contributed by atoms with E-state index in [1.807, 2.05) is 36.4 Å². The Balaban J connectivity index is 1.99. The Hall–Kier alpha value is -1.76. The minimum Gasteiger partial charge on any atom is -0.268 e. The number of rotatable bonds is 2. The number of hydrogen-bond donors (Lipinski definition) is 0. The minimum absolute atomic E-state index is 0.109. The van der Waals surface area contributed by atoms with Crippen molar-refractivity contribution < 1.29 is 0 Å². The lowest BCUT2D eigenvalue weighted by Crippen LogP contribution is -2.23. The van der Waals surface area contributed by atoms with Gasteiger partial charge in [-0.05, 0) is 34.7 Å². The van der Waals surface area contributed by atoms with Crippen LogP contribution in [0.15, 0.2) is 53.5 Å². The summed E-state index contributed by atoms with van der Waals surface area (Å²) in [7, 11) is 0. The molecule has 0 unspecified atom stereocenters. The molecule has 0 N–H and O–H groups in total. The van der Waals surface area contributed by atoms with Crippen LogP contribution >= 0.6 is 22.6 Å². The molecule has 19 heavy (non-hydrogen) atoms. The molecule has 0 saturated heterocycles. The van der Waals surface area contributed by atoms with E-state index >= 15 is 0 Å².